The molecule has 2 saturated heterocycles. The number of fused-ring (bicyclic) bond motifs is 3. The first-order valence-corrected chi connectivity index (χ1v) is 17.6. The molecule has 53 heavy (non-hydrogen) atoms. The number of aliphatic hydroxyl groups is 3. The number of aliphatic hydroxyl groups excluding tert-OH is 2. The fraction of sp³-hybridized carbons (Fsp3) is 0.541. The summed E-state index contributed by atoms with van der Waals surface area (Å²) < 4.78 is 17.5. The molecule has 0 unspecified atom stereocenters. The van der Waals surface area contributed by atoms with Gasteiger partial charge in [0.25, 0.3) is 0 Å². The maximum atomic E-state index is 13.9. The van der Waals surface area contributed by atoms with Gasteiger partial charge in [0.15, 0.2) is 17.9 Å². The predicted molar refractivity (Wildman–Crippen MR) is 183 cm³/mol. The maximum absolute atomic E-state index is 13.9. The summed E-state index contributed by atoms with van der Waals surface area (Å²) in [7, 11) is 1.30. The average Bonchev–Trinajstić information content (AvgIpc) is 3.63. The van der Waals surface area contributed by atoms with E-state index in [0.717, 1.165) is 0 Å². The summed E-state index contributed by atoms with van der Waals surface area (Å²) >= 11 is 0. The third-order valence-electron chi connectivity index (χ3n) is 10.9. The number of hydrogen-bond donors (Lipinski definition) is 7. The second-order valence-electron chi connectivity index (χ2n) is 14.6. The first-order chi connectivity index (χ1) is 25.0. The van der Waals surface area contributed by atoms with Gasteiger partial charge in [0.2, 0.25) is 17.6 Å². The van der Waals surface area contributed by atoms with E-state index < -0.39 is 114 Å². The van der Waals surface area contributed by atoms with Gasteiger partial charge in [-0.3, -0.25) is 24.0 Å². The van der Waals surface area contributed by atoms with E-state index in [0.29, 0.717) is 19.4 Å². The first-order valence-electron chi connectivity index (χ1n) is 17.6. The molecule has 2 aliphatic heterocycles. The zero-order valence-corrected chi connectivity index (χ0v) is 29.8. The van der Waals surface area contributed by atoms with E-state index in [1.54, 1.807) is 0 Å². The molecule has 16 heteroatoms. The SMILES string of the molecule is COc1cccc2c1C(=O)c1c(O)c3c(c(O)c1C2=O)C[C@@](O)(C(=O)CO)C[C@@H]3O[C@H]1C[C@H](NC(=O)[C@@H]2CCCN2C(=O)[C@@H](N)C(C)C)[C@H](O)[C@H](C)O1. The number of carbonyl (C=O) groups excluding carboxylic acids is 5. The molecule has 286 valence electrons. The molecule has 4 aliphatic rings. The van der Waals surface area contributed by atoms with E-state index >= 15 is 0 Å². The van der Waals surface area contributed by atoms with Crippen molar-refractivity contribution < 1.29 is 63.7 Å². The van der Waals surface area contributed by atoms with E-state index in [-0.39, 0.29) is 46.2 Å². The van der Waals surface area contributed by atoms with Crippen molar-refractivity contribution in [1.29, 1.82) is 0 Å². The van der Waals surface area contributed by atoms with Crippen molar-refractivity contribution >= 4 is 29.2 Å². The van der Waals surface area contributed by atoms with Gasteiger partial charge in [-0.2, -0.15) is 0 Å². The van der Waals surface area contributed by atoms with E-state index in [2.05, 4.69) is 5.32 Å². The number of carbonyl (C=O) groups is 5. The van der Waals surface area contributed by atoms with Crippen LogP contribution in [0.3, 0.4) is 0 Å². The topological polar surface area (TPSA) is 255 Å². The molecule has 0 spiro atoms. The highest BCUT2D eigenvalue weighted by molar-refractivity contribution is 6.31. The van der Waals surface area contributed by atoms with Gasteiger partial charge in [-0.15, -0.1) is 0 Å². The van der Waals surface area contributed by atoms with Crippen LogP contribution in [0, 0.1) is 5.92 Å². The number of rotatable bonds is 9. The number of nitrogens with zero attached hydrogens (tertiary/aromatic N) is 1. The zero-order chi connectivity index (χ0) is 38.7. The van der Waals surface area contributed by atoms with Crippen molar-refractivity contribution in [2.75, 3.05) is 20.3 Å². The number of methoxy groups -OCH3 is 1. The molecule has 0 aromatic heterocycles. The van der Waals surface area contributed by atoms with Gasteiger partial charge < -0.3 is 55.7 Å². The predicted octanol–water partition coefficient (Wildman–Crippen LogP) is 0.133. The molecule has 6 rings (SSSR count). The van der Waals surface area contributed by atoms with Gasteiger partial charge in [0.1, 0.15) is 41.6 Å². The van der Waals surface area contributed by atoms with Crippen LogP contribution >= 0.6 is 0 Å². The summed E-state index contributed by atoms with van der Waals surface area (Å²) in [6.07, 6.45) is -5.35. The number of ketones is 3. The molecular formula is C37H45N3O13. The number of aromatic hydroxyl groups is 2. The number of nitrogens with two attached hydrogens (primary N) is 1. The Bertz CT molecular complexity index is 1860. The Morgan fingerprint density at radius 3 is 2.47 bits per heavy atom. The van der Waals surface area contributed by atoms with E-state index in [9.17, 15) is 49.5 Å². The summed E-state index contributed by atoms with van der Waals surface area (Å²) in [5, 5.41) is 58.5. The molecule has 2 heterocycles. The largest absolute Gasteiger partial charge is 0.507 e. The van der Waals surface area contributed by atoms with Crippen LogP contribution in [0.25, 0.3) is 0 Å². The Kier molecular flexibility index (Phi) is 10.4. The maximum Gasteiger partial charge on any atom is 0.243 e. The molecule has 0 radical (unpaired) electrons. The van der Waals surface area contributed by atoms with Crippen LogP contribution in [-0.4, -0.2) is 122 Å². The van der Waals surface area contributed by atoms with Crippen LogP contribution < -0.4 is 15.8 Å². The van der Waals surface area contributed by atoms with Crippen LogP contribution in [0.1, 0.15) is 95.5 Å². The van der Waals surface area contributed by atoms with Crippen molar-refractivity contribution in [3.8, 4) is 17.2 Å². The number of ether oxygens (including phenoxy) is 3. The summed E-state index contributed by atoms with van der Waals surface area (Å²) in [5.74, 6) is -5.11. The molecule has 16 nitrogen and oxygen atoms in total. The van der Waals surface area contributed by atoms with Crippen LogP contribution in [0.5, 0.6) is 17.2 Å². The summed E-state index contributed by atoms with van der Waals surface area (Å²) in [6, 6.07) is 1.72. The molecule has 2 aromatic rings. The van der Waals surface area contributed by atoms with Crippen LogP contribution in [0.4, 0.5) is 0 Å². The molecule has 2 aromatic carbocycles. The quantitative estimate of drug-likeness (QED) is 0.144. The molecule has 8 N–H and O–H groups in total. The van der Waals surface area contributed by atoms with Gasteiger partial charge in [0, 0.05) is 42.5 Å². The number of nitrogens with one attached hydrogen (secondary N) is 1. The van der Waals surface area contributed by atoms with Gasteiger partial charge in [-0.05, 0) is 31.7 Å². The summed E-state index contributed by atoms with van der Waals surface area (Å²) in [6.45, 7) is 4.41. The lowest BCUT2D eigenvalue weighted by Crippen LogP contribution is -2.59. The molecule has 0 saturated carbocycles. The van der Waals surface area contributed by atoms with Gasteiger partial charge >= 0.3 is 0 Å². The number of hydrogen-bond acceptors (Lipinski definition) is 14. The highest BCUT2D eigenvalue weighted by Crippen LogP contribution is 2.52. The number of amides is 2. The summed E-state index contributed by atoms with van der Waals surface area (Å²) in [5.41, 5.74) is 2.01. The second kappa shape index (κ2) is 14.4. The molecular weight excluding hydrogens is 694 g/mol. The number of likely N-dealkylation sites (tertiary alicyclic amines) is 1. The fourth-order valence-electron chi connectivity index (χ4n) is 7.92. The number of phenols is 2. The lowest BCUT2D eigenvalue weighted by atomic mass is 9.72. The van der Waals surface area contributed by atoms with Crippen molar-refractivity contribution in [2.24, 2.45) is 11.7 Å². The van der Waals surface area contributed by atoms with Gasteiger partial charge in [-0.25, -0.2) is 0 Å². The number of Topliss-reactive ketones (excluding diaryl/α,β-unsaturated/α-hetero) is 1. The van der Waals surface area contributed by atoms with Gasteiger partial charge in [-0.1, -0.05) is 26.0 Å². The Labute approximate surface area is 304 Å². The average molecular weight is 740 g/mol. The Morgan fingerprint density at radius 1 is 1.11 bits per heavy atom. The van der Waals surface area contributed by atoms with Crippen LogP contribution in [0.15, 0.2) is 18.2 Å². The molecule has 0 bridgehead atoms. The highest BCUT2D eigenvalue weighted by Gasteiger charge is 2.50. The Balaban J connectivity index is 1.33. The smallest absolute Gasteiger partial charge is 0.243 e. The summed E-state index contributed by atoms with van der Waals surface area (Å²) in [4.78, 5) is 68.7. The monoisotopic (exact) mass is 739 g/mol. The van der Waals surface area contributed by atoms with Crippen molar-refractivity contribution in [3.63, 3.8) is 0 Å². The molecule has 8 atom stereocenters. The van der Waals surface area contributed by atoms with Crippen LogP contribution in [-0.2, 0) is 30.3 Å². The lowest BCUT2D eigenvalue weighted by molar-refractivity contribution is -0.249. The second-order valence-corrected chi connectivity index (χ2v) is 14.6. The lowest BCUT2D eigenvalue weighted by Gasteiger charge is -2.43. The van der Waals surface area contributed by atoms with Crippen molar-refractivity contribution in [1.82, 2.24) is 10.2 Å². The van der Waals surface area contributed by atoms with Gasteiger partial charge in [0.05, 0.1) is 48.1 Å². The van der Waals surface area contributed by atoms with E-state index in [1.807, 2.05) is 13.8 Å². The minimum Gasteiger partial charge on any atom is -0.507 e. The molecule has 2 aliphatic carbocycles. The van der Waals surface area contributed by atoms with Crippen molar-refractivity contribution in [3.05, 3.63) is 51.6 Å². The third kappa shape index (κ3) is 6.46. The standard InChI is InChI=1S/C37H45N3O13/c1-15(2)29(38)36(49)40-10-6-8-20(40)35(48)39-19-11-24(52-16(3)30(19)43)53-22-13-37(50,23(42)14-41)12-18-26(22)34(47)28-27(32(18)45)31(44)17-7-5-9-21(51-4)25(17)33(28)46/h5,7,9,15-16,19-20,22,24,29-30,41,43,45,47,50H,6,8,10-14,38H2,1-4H3,(H,39,48)/t16-,19-,20-,22-,24-,29-,30+,37-/m0/s1. The van der Waals surface area contributed by atoms with Crippen molar-refractivity contribution in [2.45, 2.75) is 101 Å². The Hall–Kier alpha value is -4.45. The number of benzene rings is 2. The minimum absolute atomic E-state index is 0.0583. The molecule has 2 amide bonds. The fourth-order valence-corrected chi connectivity index (χ4v) is 7.92. The van der Waals surface area contributed by atoms with Crippen LogP contribution in [0.2, 0.25) is 0 Å². The Morgan fingerprint density at radius 2 is 1.81 bits per heavy atom. The first kappa shape index (κ1) is 38.3. The molecule has 2 fully saturated rings. The number of phenolic OH excluding ortho intramolecular Hbond substituents is 2. The highest BCUT2D eigenvalue weighted by atomic mass is 16.7. The zero-order valence-electron chi connectivity index (χ0n) is 29.8. The van der Waals surface area contributed by atoms with E-state index in [1.165, 1.54) is 37.1 Å². The minimum atomic E-state index is -2.35. The normalized spacial score (nSPS) is 28.6. The van der Waals surface area contributed by atoms with E-state index in [4.69, 9.17) is 19.9 Å². The third-order valence-corrected chi connectivity index (χ3v) is 10.9.